The fourth-order valence-corrected chi connectivity index (χ4v) is 2.77. The van der Waals surface area contributed by atoms with Gasteiger partial charge < -0.3 is 9.47 Å². The van der Waals surface area contributed by atoms with Gasteiger partial charge in [0, 0.05) is 19.7 Å². The second-order valence-corrected chi connectivity index (χ2v) is 5.71. The van der Waals surface area contributed by atoms with Gasteiger partial charge in [-0.2, -0.15) is 0 Å². The van der Waals surface area contributed by atoms with Crippen LogP contribution in [0.2, 0.25) is 0 Å². The van der Waals surface area contributed by atoms with Crippen molar-refractivity contribution in [3.63, 3.8) is 0 Å². The Hall–Kier alpha value is -1.39. The van der Waals surface area contributed by atoms with E-state index in [2.05, 4.69) is 18.0 Å². The molecular weight excluding hydrogens is 266 g/mol. The highest BCUT2D eigenvalue weighted by Crippen LogP contribution is 2.16. The van der Waals surface area contributed by atoms with Crippen LogP contribution in [0.3, 0.4) is 0 Å². The molecule has 0 radical (unpaired) electrons. The topological polar surface area (TPSA) is 38.8 Å². The van der Waals surface area contributed by atoms with E-state index >= 15 is 0 Å². The zero-order chi connectivity index (χ0) is 15.1. The Morgan fingerprint density at radius 1 is 1.33 bits per heavy atom. The smallest absolute Gasteiger partial charge is 0.309 e. The predicted molar refractivity (Wildman–Crippen MR) is 82.1 cm³/mol. The van der Waals surface area contributed by atoms with Crippen LogP contribution in [-0.4, -0.2) is 44.3 Å². The number of rotatable bonds is 6. The summed E-state index contributed by atoms with van der Waals surface area (Å²) in [7, 11) is 3.53. The number of benzene rings is 1. The lowest BCUT2D eigenvalue weighted by Crippen LogP contribution is -2.33. The molecule has 1 saturated heterocycles. The molecule has 2 rings (SSSR count). The maximum atomic E-state index is 11.5. The summed E-state index contributed by atoms with van der Waals surface area (Å²) in [5, 5.41) is 0. The lowest BCUT2D eigenvalue weighted by molar-refractivity contribution is -0.139. The first-order valence-corrected chi connectivity index (χ1v) is 7.63. The largest absolute Gasteiger partial charge is 0.469 e. The molecule has 4 nitrogen and oxygen atoms in total. The summed E-state index contributed by atoms with van der Waals surface area (Å²) in [6.07, 6.45) is 4.27. The number of hydrogen-bond donors (Lipinski definition) is 0. The van der Waals surface area contributed by atoms with Gasteiger partial charge in [-0.1, -0.05) is 24.3 Å². The summed E-state index contributed by atoms with van der Waals surface area (Å²) in [5.74, 6) is -0.194. The minimum absolute atomic E-state index is 0.194. The first-order valence-electron chi connectivity index (χ1n) is 7.63. The van der Waals surface area contributed by atoms with Gasteiger partial charge in [0.05, 0.1) is 19.6 Å². The third-order valence-corrected chi connectivity index (χ3v) is 3.91. The molecule has 1 fully saturated rings. The highest BCUT2D eigenvalue weighted by atomic mass is 16.5. The summed E-state index contributed by atoms with van der Waals surface area (Å²) in [6.45, 7) is 2.65. The van der Waals surface area contributed by atoms with Crippen LogP contribution in [0, 0.1) is 0 Å². The number of esters is 1. The Morgan fingerprint density at radius 3 is 2.76 bits per heavy atom. The minimum Gasteiger partial charge on any atom is -0.469 e. The van der Waals surface area contributed by atoms with E-state index in [9.17, 15) is 4.79 Å². The van der Waals surface area contributed by atoms with Gasteiger partial charge in [-0.25, -0.2) is 0 Å². The molecule has 1 aliphatic heterocycles. The molecule has 21 heavy (non-hydrogen) atoms. The quantitative estimate of drug-likeness (QED) is 0.755. The minimum atomic E-state index is -0.194. The SMILES string of the molecule is COC(=O)Cc1ccccc1CN(C)CC1CCCCO1. The van der Waals surface area contributed by atoms with Gasteiger partial charge in [0.1, 0.15) is 0 Å². The molecule has 1 aromatic carbocycles. The molecule has 1 aliphatic rings. The molecule has 1 atom stereocenters. The van der Waals surface area contributed by atoms with E-state index in [1.54, 1.807) is 0 Å². The molecule has 0 aromatic heterocycles. The first-order chi connectivity index (χ1) is 10.2. The molecule has 116 valence electrons. The van der Waals surface area contributed by atoms with Crippen LogP contribution in [0.4, 0.5) is 0 Å². The number of carbonyl (C=O) groups is 1. The van der Waals surface area contributed by atoms with Crippen LogP contribution in [0.15, 0.2) is 24.3 Å². The molecule has 1 aromatic rings. The number of carbonyl (C=O) groups excluding carboxylic acids is 1. The second kappa shape index (κ2) is 8.15. The molecule has 0 bridgehead atoms. The maximum absolute atomic E-state index is 11.5. The fourth-order valence-electron chi connectivity index (χ4n) is 2.77. The van der Waals surface area contributed by atoms with Crippen LogP contribution in [0.25, 0.3) is 0 Å². The van der Waals surface area contributed by atoms with E-state index in [0.717, 1.165) is 31.7 Å². The third kappa shape index (κ3) is 5.14. The average molecular weight is 291 g/mol. The Labute approximate surface area is 127 Å². The van der Waals surface area contributed by atoms with E-state index in [4.69, 9.17) is 9.47 Å². The van der Waals surface area contributed by atoms with Gasteiger partial charge >= 0.3 is 5.97 Å². The van der Waals surface area contributed by atoms with Gasteiger partial charge in [0.2, 0.25) is 0 Å². The van der Waals surface area contributed by atoms with Crippen molar-refractivity contribution in [3.05, 3.63) is 35.4 Å². The van der Waals surface area contributed by atoms with E-state index in [1.165, 1.54) is 25.5 Å². The Bertz CT molecular complexity index is 455. The van der Waals surface area contributed by atoms with Crippen molar-refractivity contribution >= 4 is 5.97 Å². The van der Waals surface area contributed by atoms with E-state index in [1.807, 2.05) is 18.2 Å². The number of methoxy groups -OCH3 is 1. The summed E-state index contributed by atoms with van der Waals surface area (Å²) in [4.78, 5) is 13.8. The van der Waals surface area contributed by atoms with Gasteiger partial charge in [0.25, 0.3) is 0 Å². The van der Waals surface area contributed by atoms with Crippen LogP contribution in [0.1, 0.15) is 30.4 Å². The summed E-state index contributed by atoms with van der Waals surface area (Å²) in [6, 6.07) is 8.06. The van der Waals surface area contributed by atoms with Gasteiger partial charge in [-0.15, -0.1) is 0 Å². The van der Waals surface area contributed by atoms with Crippen molar-refractivity contribution in [1.82, 2.24) is 4.90 Å². The first kappa shape index (κ1) is 16.0. The van der Waals surface area contributed by atoms with Gasteiger partial charge in [0.15, 0.2) is 0 Å². The van der Waals surface area contributed by atoms with Gasteiger partial charge in [-0.05, 0) is 37.4 Å². The molecule has 0 N–H and O–H groups in total. The number of ether oxygens (including phenoxy) is 2. The van der Waals surface area contributed by atoms with Crippen molar-refractivity contribution in [2.75, 3.05) is 27.3 Å². The highest BCUT2D eigenvalue weighted by Gasteiger charge is 2.17. The monoisotopic (exact) mass is 291 g/mol. The third-order valence-electron chi connectivity index (χ3n) is 3.91. The van der Waals surface area contributed by atoms with Crippen molar-refractivity contribution in [1.29, 1.82) is 0 Å². The van der Waals surface area contributed by atoms with Gasteiger partial charge in [-0.3, -0.25) is 9.69 Å². The van der Waals surface area contributed by atoms with Crippen LogP contribution in [0.5, 0.6) is 0 Å². The van der Waals surface area contributed by atoms with Crippen molar-refractivity contribution < 1.29 is 14.3 Å². The summed E-state index contributed by atoms with van der Waals surface area (Å²) >= 11 is 0. The van der Waals surface area contributed by atoms with Crippen LogP contribution >= 0.6 is 0 Å². The molecule has 0 amide bonds. The second-order valence-electron chi connectivity index (χ2n) is 5.71. The molecule has 0 aliphatic carbocycles. The molecule has 0 saturated carbocycles. The number of likely N-dealkylation sites (N-methyl/N-ethyl adjacent to an activating group) is 1. The Balaban J connectivity index is 1.93. The maximum Gasteiger partial charge on any atom is 0.309 e. The normalized spacial score (nSPS) is 18.7. The Morgan fingerprint density at radius 2 is 2.10 bits per heavy atom. The molecule has 4 heteroatoms. The van der Waals surface area contributed by atoms with Crippen LogP contribution in [-0.2, 0) is 27.2 Å². The summed E-state index contributed by atoms with van der Waals surface area (Å²) < 4.78 is 10.5. The highest BCUT2D eigenvalue weighted by molar-refractivity contribution is 5.72. The lowest BCUT2D eigenvalue weighted by Gasteiger charge is -2.27. The van der Waals surface area contributed by atoms with E-state index in [0.29, 0.717) is 12.5 Å². The van der Waals surface area contributed by atoms with E-state index in [-0.39, 0.29) is 5.97 Å². The predicted octanol–water partition coefficient (Wildman–Crippen LogP) is 2.40. The number of hydrogen-bond acceptors (Lipinski definition) is 4. The fraction of sp³-hybridized carbons (Fsp3) is 0.588. The molecule has 1 unspecified atom stereocenters. The lowest BCUT2D eigenvalue weighted by atomic mass is 10.0. The zero-order valence-electron chi connectivity index (χ0n) is 13.0. The molecule has 1 heterocycles. The summed E-state index contributed by atoms with van der Waals surface area (Å²) in [5.41, 5.74) is 2.22. The standard InChI is InChI=1S/C17H25NO3/c1-18(13-16-9-5-6-10-21-16)12-15-8-4-3-7-14(15)11-17(19)20-2/h3-4,7-8,16H,5-6,9-13H2,1-2H3. The molecule has 0 spiro atoms. The zero-order valence-corrected chi connectivity index (χ0v) is 13.0. The number of nitrogens with zero attached hydrogens (tertiary/aromatic N) is 1. The Kier molecular flexibility index (Phi) is 6.21. The van der Waals surface area contributed by atoms with E-state index < -0.39 is 0 Å². The molecular formula is C17H25NO3. The van der Waals surface area contributed by atoms with Crippen molar-refractivity contribution in [2.24, 2.45) is 0 Å². The van der Waals surface area contributed by atoms with Crippen molar-refractivity contribution in [2.45, 2.75) is 38.3 Å². The van der Waals surface area contributed by atoms with Crippen LogP contribution < -0.4 is 0 Å². The van der Waals surface area contributed by atoms with Crippen molar-refractivity contribution in [3.8, 4) is 0 Å². The average Bonchev–Trinajstić information content (AvgIpc) is 2.50.